The number of sulfonamides is 1. The smallest absolute Gasteiger partial charge is 0.244 e. The molecule has 3 atom stereocenters. The zero-order valence-corrected chi connectivity index (χ0v) is 13.2. The van der Waals surface area contributed by atoms with Crippen LogP contribution in [-0.4, -0.2) is 38.4 Å². The summed E-state index contributed by atoms with van der Waals surface area (Å²) in [6.07, 6.45) is 0. The average Bonchev–Trinajstić information content (AvgIpc) is 3.02. The number of rotatable bonds is 2. The molecule has 2 fully saturated rings. The zero-order chi connectivity index (χ0) is 15.2. The van der Waals surface area contributed by atoms with E-state index in [9.17, 15) is 8.42 Å². The van der Waals surface area contributed by atoms with Crippen molar-refractivity contribution in [2.45, 2.75) is 17.9 Å². The van der Waals surface area contributed by atoms with Crippen LogP contribution in [0.5, 0.6) is 0 Å². The average molecular weight is 326 g/mol. The molecule has 2 aliphatic heterocycles. The topological polar surface area (TPSA) is 73.2 Å². The van der Waals surface area contributed by atoms with E-state index in [0.717, 1.165) is 13.1 Å². The molecule has 0 spiro atoms. The van der Waals surface area contributed by atoms with Gasteiger partial charge in [-0.15, -0.1) is 0 Å². The normalized spacial score (nSPS) is 29.3. The molecule has 1 aromatic carbocycles. The summed E-state index contributed by atoms with van der Waals surface area (Å²) in [4.78, 5) is 0.0861. The van der Waals surface area contributed by atoms with E-state index < -0.39 is 10.0 Å². The summed E-state index contributed by atoms with van der Waals surface area (Å²) < 4.78 is 27.2. The predicted molar refractivity (Wildman–Crippen MR) is 79.4 cm³/mol. The van der Waals surface area contributed by atoms with E-state index in [2.05, 4.69) is 5.32 Å². The lowest BCUT2D eigenvalue weighted by Gasteiger charge is -2.24. The van der Waals surface area contributed by atoms with Crippen LogP contribution in [0.15, 0.2) is 23.1 Å². The maximum Gasteiger partial charge on any atom is 0.244 e. The number of hydrogen-bond donors (Lipinski definition) is 1. The maximum absolute atomic E-state index is 12.8. The van der Waals surface area contributed by atoms with E-state index in [1.54, 1.807) is 4.31 Å². The fourth-order valence-electron chi connectivity index (χ4n) is 3.35. The third-order valence-corrected chi connectivity index (χ3v) is 6.96. The highest BCUT2D eigenvalue weighted by molar-refractivity contribution is 7.89. The largest absolute Gasteiger partial charge is 0.316 e. The van der Waals surface area contributed by atoms with Gasteiger partial charge in [0, 0.05) is 12.6 Å². The SMILES string of the molecule is CC1C2CNCC2CN1S(=O)(=O)c1ccc(C#N)cc1Cl. The Hall–Kier alpha value is -1.13. The van der Waals surface area contributed by atoms with Crippen molar-refractivity contribution >= 4 is 21.6 Å². The molecule has 2 saturated heterocycles. The molecule has 0 aliphatic carbocycles. The molecule has 0 radical (unpaired) electrons. The minimum atomic E-state index is -3.62. The van der Waals surface area contributed by atoms with Crippen molar-refractivity contribution in [1.82, 2.24) is 9.62 Å². The lowest BCUT2D eigenvalue weighted by Crippen LogP contribution is -2.38. The Labute approximate surface area is 129 Å². The molecule has 0 bridgehead atoms. The van der Waals surface area contributed by atoms with E-state index >= 15 is 0 Å². The van der Waals surface area contributed by atoms with Gasteiger partial charge < -0.3 is 5.32 Å². The molecule has 3 rings (SSSR count). The van der Waals surface area contributed by atoms with E-state index in [-0.39, 0.29) is 16.0 Å². The van der Waals surface area contributed by atoms with E-state index in [1.807, 2.05) is 13.0 Å². The predicted octanol–water partition coefficient (Wildman–Crippen LogP) is 1.44. The fourth-order valence-corrected chi connectivity index (χ4v) is 5.60. The highest BCUT2D eigenvalue weighted by atomic mass is 35.5. The van der Waals surface area contributed by atoms with Crippen molar-refractivity contribution in [3.8, 4) is 6.07 Å². The standard InChI is InChI=1S/C14H16ClN3O2S/c1-9-12-7-17-6-11(12)8-18(9)21(19,20)14-3-2-10(5-16)4-13(14)15/h2-4,9,11-12,17H,6-8H2,1H3. The highest BCUT2D eigenvalue weighted by Gasteiger charge is 2.47. The van der Waals surface area contributed by atoms with Gasteiger partial charge >= 0.3 is 0 Å². The van der Waals surface area contributed by atoms with E-state index in [4.69, 9.17) is 16.9 Å². The summed E-state index contributed by atoms with van der Waals surface area (Å²) in [6.45, 7) is 4.20. The van der Waals surface area contributed by atoms with Crippen LogP contribution in [0.3, 0.4) is 0 Å². The number of fused-ring (bicyclic) bond motifs is 1. The van der Waals surface area contributed by atoms with Crippen molar-refractivity contribution in [1.29, 1.82) is 5.26 Å². The van der Waals surface area contributed by atoms with Crippen LogP contribution in [0.1, 0.15) is 12.5 Å². The van der Waals surface area contributed by atoms with E-state index in [1.165, 1.54) is 18.2 Å². The van der Waals surface area contributed by atoms with Crippen molar-refractivity contribution in [3.05, 3.63) is 28.8 Å². The summed E-state index contributed by atoms with van der Waals surface area (Å²) in [5, 5.41) is 12.3. The Morgan fingerprint density at radius 2 is 2.19 bits per heavy atom. The maximum atomic E-state index is 12.8. The van der Waals surface area contributed by atoms with E-state index in [0.29, 0.717) is 23.9 Å². The van der Waals surface area contributed by atoms with Gasteiger partial charge in [-0.1, -0.05) is 11.6 Å². The quantitative estimate of drug-likeness (QED) is 0.893. The number of nitrogens with zero attached hydrogens (tertiary/aromatic N) is 2. The van der Waals surface area contributed by atoms with Gasteiger partial charge in [0.2, 0.25) is 10.0 Å². The molecular weight excluding hydrogens is 310 g/mol. The molecule has 2 aliphatic rings. The third kappa shape index (κ3) is 2.34. The number of nitriles is 1. The van der Waals surface area contributed by atoms with Gasteiger partial charge in [-0.2, -0.15) is 9.57 Å². The Morgan fingerprint density at radius 1 is 1.43 bits per heavy atom. The Balaban J connectivity index is 1.96. The van der Waals surface area contributed by atoms with Crippen LogP contribution in [0.4, 0.5) is 0 Å². The van der Waals surface area contributed by atoms with Crippen LogP contribution >= 0.6 is 11.6 Å². The summed E-state index contributed by atoms with van der Waals surface area (Å²) in [6, 6.07) is 6.23. The van der Waals surface area contributed by atoms with Crippen LogP contribution in [0, 0.1) is 23.2 Å². The molecule has 0 aromatic heterocycles. The molecule has 1 aromatic rings. The van der Waals surface area contributed by atoms with Crippen molar-refractivity contribution in [3.63, 3.8) is 0 Å². The van der Waals surface area contributed by atoms with Crippen molar-refractivity contribution in [2.24, 2.45) is 11.8 Å². The summed E-state index contributed by atoms with van der Waals surface area (Å²) in [5.74, 6) is 0.726. The molecule has 0 amide bonds. The summed E-state index contributed by atoms with van der Waals surface area (Å²) >= 11 is 6.07. The first kappa shape index (κ1) is 14.8. The molecular formula is C14H16ClN3O2S. The Bertz CT molecular complexity index is 713. The number of hydrogen-bond acceptors (Lipinski definition) is 4. The van der Waals surface area contributed by atoms with Crippen LogP contribution < -0.4 is 5.32 Å². The second-order valence-electron chi connectivity index (χ2n) is 5.65. The van der Waals surface area contributed by atoms with Crippen LogP contribution in [-0.2, 0) is 10.0 Å². The molecule has 0 saturated carbocycles. The number of halogens is 1. The molecule has 21 heavy (non-hydrogen) atoms. The molecule has 1 N–H and O–H groups in total. The minimum absolute atomic E-state index is 0.0401. The molecule has 7 heteroatoms. The van der Waals surface area contributed by atoms with Crippen molar-refractivity contribution in [2.75, 3.05) is 19.6 Å². The lowest BCUT2D eigenvalue weighted by atomic mass is 9.95. The van der Waals surface area contributed by atoms with Gasteiger partial charge in [0.25, 0.3) is 0 Å². The van der Waals surface area contributed by atoms with Gasteiger partial charge in [0.05, 0.1) is 16.7 Å². The second-order valence-corrected chi connectivity index (χ2v) is 7.92. The Kier molecular flexibility index (Phi) is 3.70. The highest BCUT2D eigenvalue weighted by Crippen LogP contribution is 2.37. The number of benzene rings is 1. The van der Waals surface area contributed by atoms with Crippen LogP contribution in [0.25, 0.3) is 0 Å². The zero-order valence-electron chi connectivity index (χ0n) is 11.6. The third-order valence-electron chi connectivity index (χ3n) is 4.53. The molecule has 112 valence electrons. The van der Waals surface area contributed by atoms with Gasteiger partial charge in [0.1, 0.15) is 4.90 Å². The first-order valence-corrected chi connectivity index (χ1v) is 8.69. The number of nitrogens with one attached hydrogen (secondary N) is 1. The monoisotopic (exact) mass is 325 g/mol. The lowest BCUT2D eigenvalue weighted by molar-refractivity contribution is 0.360. The van der Waals surface area contributed by atoms with Gasteiger partial charge in [0.15, 0.2) is 0 Å². The first-order valence-electron chi connectivity index (χ1n) is 6.87. The molecule has 3 unspecified atom stereocenters. The van der Waals surface area contributed by atoms with Crippen molar-refractivity contribution < 1.29 is 8.42 Å². The summed E-state index contributed by atoms with van der Waals surface area (Å²) in [7, 11) is -3.62. The molecule has 2 heterocycles. The van der Waals surface area contributed by atoms with Crippen LogP contribution in [0.2, 0.25) is 5.02 Å². The second kappa shape index (κ2) is 5.25. The minimum Gasteiger partial charge on any atom is -0.316 e. The fraction of sp³-hybridized carbons (Fsp3) is 0.500. The Morgan fingerprint density at radius 3 is 2.81 bits per heavy atom. The summed E-state index contributed by atoms with van der Waals surface area (Å²) in [5.41, 5.74) is 0.356. The molecule has 5 nitrogen and oxygen atoms in total. The van der Waals surface area contributed by atoms with Gasteiger partial charge in [-0.05, 0) is 50.0 Å². The first-order chi connectivity index (χ1) is 9.95. The van der Waals surface area contributed by atoms with Gasteiger partial charge in [-0.25, -0.2) is 8.42 Å². The van der Waals surface area contributed by atoms with Gasteiger partial charge in [-0.3, -0.25) is 0 Å².